The van der Waals surface area contributed by atoms with Gasteiger partial charge in [-0.1, -0.05) is 18.2 Å². The Morgan fingerprint density at radius 3 is 2.61 bits per heavy atom. The van der Waals surface area contributed by atoms with Crippen molar-refractivity contribution < 1.29 is 4.79 Å². The first-order chi connectivity index (χ1) is 8.72. The number of rotatable bonds is 3. The van der Waals surface area contributed by atoms with Crippen LogP contribution in [0.25, 0.3) is 0 Å². The molecule has 0 aliphatic carbocycles. The first-order valence-electron chi connectivity index (χ1n) is 5.55. The highest BCUT2D eigenvalue weighted by molar-refractivity contribution is 6.04. The molecule has 5 heteroatoms. The minimum absolute atomic E-state index is 0.167. The minimum atomic E-state index is -0.167. The maximum absolute atomic E-state index is 12.2. The number of carbonyl (C=O) groups is 1. The first kappa shape index (κ1) is 12.0. The van der Waals surface area contributed by atoms with Crippen molar-refractivity contribution in [3.05, 3.63) is 48.4 Å². The maximum Gasteiger partial charge on any atom is 0.276 e. The van der Waals surface area contributed by atoms with E-state index in [9.17, 15) is 4.79 Å². The number of hydrogen-bond acceptors (Lipinski definition) is 4. The summed E-state index contributed by atoms with van der Waals surface area (Å²) < 4.78 is 0. The van der Waals surface area contributed by atoms with Crippen molar-refractivity contribution >= 4 is 17.4 Å². The lowest BCUT2D eigenvalue weighted by molar-refractivity contribution is 0.0988. The molecular formula is C13H14N4O. The molecule has 0 spiro atoms. The number of anilines is 2. The van der Waals surface area contributed by atoms with E-state index in [1.54, 1.807) is 25.1 Å². The van der Waals surface area contributed by atoms with Crippen LogP contribution in [0, 0.1) is 0 Å². The summed E-state index contributed by atoms with van der Waals surface area (Å²) >= 11 is 0. The summed E-state index contributed by atoms with van der Waals surface area (Å²) in [7, 11) is 3.47. The third-order valence-electron chi connectivity index (χ3n) is 2.59. The van der Waals surface area contributed by atoms with Crippen molar-refractivity contribution in [2.45, 2.75) is 0 Å². The molecule has 1 N–H and O–H groups in total. The average molecular weight is 242 g/mol. The molecule has 0 saturated carbocycles. The van der Waals surface area contributed by atoms with Gasteiger partial charge in [0.05, 0.1) is 0 Å². The average Bonchev–Trinajstić information content (AvgIpc) is 2.46. The molecule has 2 aromatic rings. The zero-order chi connectivity index (χ0) is 13.0. The van der Waals surface area contributed by atoms with E-state index >= 15 is 0 Å². The van der Waals surface area contributed by atoms with Gasteiger partial charge in [0.25, 0.3) is 5.91 Å². The van der Waals surface area contributed by atoms with Gasteiger partial charge in [-0.2, -0.15) is 0 Å². The molecule has 92 valence electrons. The predicted molar refractivity (Wildman–Crippen MR) is 70.8 cm³/mol. The quantitative estimate of drug-likeness (QED) is 0.891. The van der Waals surface area contributed by atoms with Crippen LogP contribution in [0.2, 0.25) is 0 Å². The third kappa shape index (κ3) is 2.45. The smallest absolute Gasteiger partial charge is 0.276 e. The molecule has 18 heavy (non-hydrogen) atoms. The molecule has 0 saturated heterocycles. The highest BCUT2D eigenvalue weighted by Crippen LogP contribution is 2.14. The molecule has 0 unspecified atom stereocenters. The molecule has 0 radical (unpaired) electrons. The normalized spacial score (nSPS) is 9.89. The maximum atomic E-state index is 12.2. The van der Waals surface area contributed by atoms with Crippen molar-refractivity contribution in [1.82, 2.24) is 9.97 Å². The highest BCUT2D eigenvalue weighted by Gasteiger charge is 2.15. The summed E-state index contributed by atoms with van der Waals surface area (Å²) in [5, 5.41) is 2.88. The molecule has 1 aromatic carbocycles. The number of benzene rings is 1. The van der Waals surface area contributed by atoms with Gasteiger partial charge in [0.15, 0.2) is 0 Å². The largest absolute Gasteiger partial charge is 0.373 e. The molecule has 2 rings (SSSR count). The number of amides is 1. The Labute approximate surface area is 105 Å². The monoisotopic (exact) mass is 242 g/mol. The SMILES string of the molecule is CNc1cc(C(=O)N(C)c2ccccc2)ncn1. The second kappa shape index (κ2) is 5.27. The lowest BCUT2D eigenvalue weighted by Gasteiger charge is -2.16. The van der Waals surface area contributed by atoms with Gasteiger partial charge in [0, 0.05) is 25.8 Å². The summed E-state index contributed by atoms with van der Waals surface area (Å²) in [5.41, 5.74) is 1.19. The number of aromatic nitrogens is 2. The topological polar surface area (TPSA) is 58.1 Å². The van der Waals surface area contributed by atoms with Gasteiger partial charge in [-0.05, 0) is 12.1 Å². The van der Waals surface area contributed by atoms with Crippen LogP contribution < -0.4 is 10.2 Å². The number of nitrogens with zero attached hydrogens (tertiary/aromatic N) is 3. The van der Waals surface area contributed by atoms with E-state index in [-0.39, 0.29) is 5.91 Å². The van der Waals surface area contributed by atoms with Crippen molar-refractivity contribution in [3.63, 3.8) is 0 Å². The predicted octanol–water partition coefficient (Wildman–Crippen LogP) is 1.79. The zero-order valence-electron chi connectivity index (χ0n) is 10.3. The third-order valence-corrected chi connectivity index (χ3v) is 2.59. The Hall–Kier alpha value is -2.43. The molecule has 1 heterocycles. The van der Waals surface area contributed by atoms with E-state index < -0.39 is 0 Å². The lowest BCUT2D eigenvalue weighted by Crippen LogP contribution is -2.27. The van der Waals surface area contributed by atoms with Crippen molar-refractivity contribution in [3.8, 4) is 0 Å². The fraction of sp³-hybridized carbons (Fsp3) is 0.154. The fourth-order valence-electron chi connectivity index (χ4n) is 1.55. The number of carbonyl (C=O) groups excluding carboxylic acids is 1. The van der Waals surface area contributed by atoms with Gasteiger partial charge in [-0.15, -0.1) is 0 Å². The molecule has 0 bridgehead atoms. The van der Waals surface area contributed by atoms with Crippen molar-refractivity contribution in [1.29, 1.82) is 0 Å². The van der Waals surface area contributed by atoms with E-state index in [1.165, 1.54) is 6.33 Å². The van der Waals surface area contributed by atoms with Crippen LogP contribution in [0.1, 0.15) is 10.5 Å². The van der Waals surface area contributed by atoms with Gasteiger partial charge in [0.1, 0.15) is 17.8 Å². The van der Waals surface area contributed by atoms with Gasteiger partial charge in [-0.3, -0.25) is 4.79 Å². The Morgan fingerprint density at radius 2 is 1.94 bits per heavy atom. The first-order valence-corrected chi connectivity index (χ1v) is 5.55. The standard InChI is InChI=1S/C13H14N4O/c1-14-12-8-11(15-9-16-12)13(18)17(2)10-6-4-3-5-7-10/h3-9H,1-2H3,(H,14,15,16). The van der Waals surface area contributed by atoms with E-state index in [4.69, 9.17) is 0 Å². The molecule has 1 aromatic heterocycles. The molecule has 0 aliphatic heterocycles. The van der Waals surface area contributed by atoms with E-state index in [0.29, 0.717) is 11.5 Å². The Bertz CT molecular complexity index is 542. The molecule has 0 atom stereocenters. The summed E-state index contributed by atoms with van der Waals surface area (Å²) in [6, 6.07) is 11.1. The van der Waals surface area contributed by atoms with Gasteiger partial charge in [-0.25, -0.2) is 9.97 Å². The Morgan fingerprint density at radius 1 is 1.22 bits per heavy atom. The van der Waals surface area contributed by atoms with Crippen LogP contribution in [0.15, 0.2) is 42.7 Å². The van der Waals surface area contributed by atoms with Crippen LogP contribution in [0.5, 0.6) is 0 Å². The summed E-state index contributed by atoms with van der Waals surface area (Å²) in [6.45, 7) is 0. The van der Waals surface area contributed by atoms with Crippen molar-refractivity contribution in [2.75, 3.05) is 24.3 Å². The van der Waals surface area contributed by atoms with Crippen LogP contribution >= 0.6 is 0 Å². The van der Waals surface area contributed by atoms with Crippen LogP contribution in [-0.4, -0.2) is 30.0 Å². The number of para-hydroxylation sites is 1. The Balaban J connectivity index is 2.25. The lowest BCUT2D eigenvalue weighted by atomic mass is 10.2. The van der Waals surface area contributed by atoms with E-state index in [2.05, 4.69) is 15.3 Å². The Kier molecular flexibility index (Phi) is 3.52. The van der Waals surface area contributed by atoms with Gasteiger partial charge >= 0.3 is 0 Å². The summed E-state index contributed by atoms with van der Waals surface area (Å²) in [6.07, 6.45) is 1.37. The van der Waals surface area contributed by atoms with Crippen LogP contribution in [0.3, 0.4) is 0 Å². The summed E-state index contributed by atoms with van der Waals surface area (Å²) in [5.74, 6) is 0.454. The van der Waals surface area contributed by atoms with Crippen LogP contribution in [0.4, 0.5) is 11.5 Å². The highest BCUT2D eigenvalue weighted by atomic mass is 16.2. The van der Waals surface area contributed by atoms with E-state index in [1.807, 2.05) is 30.3 Å². The van der Waals surface area contributed by atoms with Gasteiger partial charge in [0.2, 0.25) is 0 Å². The summed E-state index contributed by atoms with van der Waals surface area (Å²) in [4.78, 5) is 21.7. The fourth-order valence-corrected chi connectivity index (χ4v) is 1.55. The molecule has 0 aliphatic rings. The van der Waals surface area contributed by atoms with Gasteiger partial charge < -0.3 is 10.2 Å². The molecule has 1 amide bonds. The van der Waals surface area contributed by atoms with E-state index in [0.717, 1.165) is 5.69 Å². The second-order valence-electron chi connectivity index (χ2n) is 3.74. The van der Waals surface area contributed by atoms with Crippen molar-refractivity contribution in [2.24, 2.45) is 0 Å². The number of nitrogens with one attached hydrogen (secondary N) is 1. The molecular weight excluding hydrogens is 228 g/mol. The second-order valence-corrected chi connectivity index (χ2v) is 3.74. The molecule has 5 nitrogen and oxygen atoms in total. The minimum Gasteiger partial charge on any atom is -0.373 e. The zero-order valence-corrected chi connectivity index (χ0v) is 10.3. The molecule has 0 fully saturated rings. The van der Waals surface area contributed by atoms with Crippen LogP contribution in [-0.2, 0) is 0 Å². The number of hydrogen-bond donors (Lipinski definition) is 1.